The fourth-order valence-corrected chi connectivity index (χ4v) is 2.42. The summed E-state index contributed by atoms with van der Waals surface area (Å²) in [4.78, 5) is 18.2. The SMILES string of the molecule is CCN(C(=O)c1ccc(-c2nc(C)no2)cc1)c1ccc(F)c(F)c1. The predicted molar refractivity (Wildman–Crippen MR) is 88.2 cm³/mol. The Hall–Kier alpha value is -3.09. The van der Waals surface area contributed by atoms with Crippen LogP contribution in [0.15, 0.2) is 47.0 Å². The summed E-state index contributed by atoms with van der Waals surface area (Å²) in [6, 6.07) is 10.0. The molecule has 0 bridgehead atoms. The smallest absolute Gasteiger partial charge is 0.258 e. The van der Waals surface area contributed by atoms with E-state index < -0.39 is 11.6 Å². The number of nitrogens with zero attached hydrogens (tertiary/aromatic N) is 3. The van der Waals surface area contributed by atoms with Gasteiger partial charge >= 0.3 is 0 Å². The third kappa shape index (κ3) is 3.40. The number of anilines is 1. The van der Waals surface area contributed by atoms with Gasteiger partial charge in [0.25, 0.3) is 11.8 Å². The highest BCUT2D eigenvalue weighted by Crippen LogP contribution is 2.22. The molecule has 1 aromatic heterocycles. The first-order chi connectivity index (χ1) is 12.0. The van der Waals surface area contributed by atoms with Crippen molar-refractivity contribution in [2.45, 2.75) is 13.8 Å². The van der Waals surface area contributed by atoms with Crippen LogP contribution in [0.1, 0.15) is 23.1 Å². The first-order valence-electron chi connectivity index (χ1n) is 7.67. The fourth-order valence-electron chi connectivity index (χ4n) is 2.42. The van der Waals surface area contributed by atoms with E-state index in [4.69, 9.17) is 4.52 Å². The second-order valence-corrected chi connectivity index (χ2v) is 5.37. The maximum atomic E-state index is 13.4. The maximum absolute atomic E-state index is 13.4. The fraction of sp³-hybridized carbons (Fsp3) is 0.167. The molecule has 0 aliphatic rings. The Bertz CT molecular complexity index is 907. The Kier molecular flexibility index (Phi) is 4.56. The summed E-state index contributed by atoms with van der Waals surface area (Å²) < 4.78 is 31.6. The number of halogens is 2. The zero-order valence-electron chi connectivity index (χ0n) is 13.7. The average Bonchev–Trinajstić information content (AvgIpc) is 3.05. The van der Waals surface area contributed by atoms with Crippen LogP contribution >= 0.6 is 0 Å². The van der Waals surface area contributed by atoms with Crippen molar-refractivity contribution in [3.05, 3.63) is 65.5 Å². The number of aryl methyl sites for hydroxylation is 1. The molecule has 0 aliphatic heterocycles. The van der Waals surface area contributed by atoms with Crippen molar-refractivity contribution in [3.63, 3.8) is 0 Å². The Balaban J connectivity index is 1.86. The Morgan fingerprint density at radius 3 is 2.40 bits per heavy atom. The average molecular weight is 343 g/mol. The molecule has 3 aromatic rings. The van der Waals surface area contributed by atoms with Gasteiger partial charge in [0.05, 0.1) is 0 Å². The lowest BCUT2D eigenvalue weighted by atomic mass is 10.1. The molecule has 128 valence electrons. The van der Waals surface area contributed by atoms with E-state index in [9.17, 15) is 13.6 Å². The van der Waals surface area contributed by atoms with E-state index in [1.54, 1.807) is 38.1 Å². The van der Waals surface area contributed by atoms with E-state index in [0.717, 1.165) is 12.1 Å². The monoisotopic (exact) mass is 343 g/mol. The molecule has 0 saturated carbocycles. The number of rotatable bonds is 4. The lowest BCUT2D eigenvalue weighted by molar-refractivity contribution is 0.0988. The molecule has 0 atom stereocenters. The van der Waals surface area contributed by atoms with Gasteiger partial charge < -0.3 is 9.42 Å². The molecule has 0 spiro atoms. The highest BCUT2D eigenvalue weighted by Gasteiger charge is 2.18. The maximum Gasteiger partial charge on any atom is 0.258 e. The minimum atomic E-state index is -0.995. The number of amides is 1. The molecule has 0 radical (unpaired) electrons. The highest BCUT2D eigenvalue weighted by atomic mass is 19.2. The van der Waals surface area contributed by atoms with Gasteiger partial charge in [0.1, 0.15) is 0 Å². The molecule has 0 fully saturated rings. The van der Waals surface area contributed by atoms with E-state index in [-0.39, 0.29) is 5.91 Å². The standard InChI is InChI=1S/C18H15F2N3O2/c1-3-23(14-8-9-15(19)16(20)10-14)18(24)13-6-4-12(5-7-13)17-21-11(2)22-25-17/h4-10H,3H2,1-2H3. The normalized spacial score (nSPS) is 10.7. The molecule has 5 nitrogen and oxygen atoms in total. The zero-order valence-corrected chi connectivity index (χ0v) is 13.7. The van der Waals surface area contributed by atoms with Crippen LogP contribution in [0, 0.1) is 18.6 Å². The number of hydrogen-bond acceptors (Lipinski definition) is 4. The van der Waals surface area contributed by atoms with Crippen LogP contribution in [0.5, 0.6) is 0 Å². The molecule has 7 heteroatoms. The van der Waals surface area contributed by atoms with Crippen LogP contribution in [-0.2, 0) is 0 Å². The Morgan fingerprint density at radius 1 is 1.12 bits per heavy atom. The molecule has 0 saturated heterocycles. The summed E-state index contributed by atoms with van der Waals surface area (Å²) in [7, 11) is 0. The predicted octanol–water partition coefficient (Wildman–Crippen LogP) is 3.99. The van der Waals surface area contributed by atoms with Gasteiger partial charge in [-0.15, -0.1) is 0 Å². The van der Waals surface area contributed by atoms with Crippen molar-refractivity contribution in [3.8, 4) is 11.5 Å². The second-order valence-electron chi connectivity index (χ2n) is 5.37. The topological polar surface area (TPSA) is 59.2 Å². The molecule has 0 unspecified atom stereocenters. The highest BCUT2D eigenvalue weighted by molar-refractivity contribution is 6.06. The number of hydrogen-bond donors (Lipinski definition) is 0. The number of aromatic nitrogens is 2. The van der Waals surface area contributed by atoms with Crippen LogP contribution in [0.4, 0.5) is 14.5 Å². The summed E-state index contributed by atoms with van der Waals surface area (Å²) >= 11 is 0. The molecule has 3 rings (SSSR count). The van der Waals surface area contributed by atoms with E-state index in [0.29, 0.717) is 35.1 Å². The van der Waals surface area contributed by atoms with Gasteiger partial charge in [-0.05, 0) is 50.2 Å². The van der Waals surface area contributed by atoms with Gasteiger partial charge in [0, 0.05) is 29.4 Å². The molecule has 1 amide bonds. The largest absolute Gasteiger partial charge is 0.334 e. The molecule has 2 aromatic carbocycles. The van der Waals surface area contributed by atoms with E-state index in [2.05, 4.69) is 10.1 Å². The van der Waals surface area contributed by atoms with Gasteiger partial charge in [-0.25, -0.2) is 8.78 Å². The van der Waals surface area contributed by atoms with Crippen molar-refractivity contribution < 1.29 is 18.1 Å². The summed E-state index contributed by atoms with van der Waals surface area (Å²) in [5.41, 5.74) is 1.39. The molecular formula is C18H15F2N3O2. The van der Waals surface area contributed by atoms with Crippen molar-refractivity contribution in [1.82, 2.24) is 10.1 Å². The Labute approximate surface area is 142 Å². The molecular weight excluding hydrogens is 328 g/mol. The minimum Gasteiger partial charge on any atom is -0.334 e. The van der Waals surface area contributed by atoms with Crippen LogP contribution in [0.25, 0.3) is 11.5 Å². The minimum absolute atomic E-state index is 0.294. The number of carbonyl (C=O) groups is 1. The van der Waals surface area contributed by atoms with Crippen LogP contribution in [0.2, 0.25) is 0 Å². The van der Waals surface area contributed by atoms with E-state index in [1.807, 2.05) is 0 Å². The lowest BCUT2D eigenvalue weighted by Crippen LogP contribution is -2.30. The second kappa shape index (κ2) is 6.80. The third-order valence-electron chi connectivity index (χ3n) is 3.68. The molecule has 25 heavy (non-hydrogen) atoms. The molecule has 0 N–H and O–H groups in total. The van der Waals surface area contributed by atoms with Crippen molar-refractivity contribution in [1.29, 1.82) is 0 Å². The number of carbonyl (C=O) groups excluding carboxylic acids is 1. The Morgan fingerprint density at radius 2 is 1.84 bits per heavy atom. The first-order valence-corrected chi connectivity index (χ1v) is 7.67. The van der Waals surface area contributed by atoms with Gasteiger partial charge in [-0.1, -0.05) is 5.16 Å². The van der Waals surface area contributed by atoms with Gasteiger partial charge in [0.2, 0.25) is 0 Å². The van der Waals surface area contributed by atoms with Crippen LogP contribution in [-0.4, -0.2) is 22.6 Å². The lowest BCUT2D eigenvalue weighted by Gasteiger charge is -2.21. The van der Waals surface area contributed by atoms with Crippen molar-refractivity contribution in [2.75, 3.05) is 11.4 Å². The molecule has 1 heterocycles. The van der Waals surface area contributed by atoms with Crippen molar-refractivity contribution in [2.24, 2.45) is 0 Å². The van der Waals surface area contributed by atoms with E-state index >= 15 is 0 Å². The quantitative estimate of drug-likeness (QED) is 0.719. The summed E-state index contributed by atoms with van der Waals surface area (Å²) in [5, 5.41) is 3.72. The third-order valence-corrected chi connectivity index (χ3v) is 3.68. The molecule has 0 aliphatic carbocycles. The van der Waals surface area contributed by atoms with Crippen molar-refractivity contribution >= 4 is 11.6 Å². The first kappa shape index (κ1) is 16.8. The van der Waals surface area contributed by atoms with E-state index in [1.165, 1.54) is 11.0 Å². The van der Waals surface area contributed by atoms with Crippen LogP contribution in [0.3, 0.4) is 0 Å². The summed E-state index contributed by atoms with van der Waals surface area (Å²) in [6.07, 6.45) is 0. The summed E-state index contributed by atoms with van der Waals surface area (Å²) in [5.74, 6) is -1.38. The zero-order chi connectivity index (χ0) is 18.0. The number of benzene rings is 2. The van der Waals surface area contributed by atoms with Crippen LogP contribution < -0.4 is 4.90 Å². The van der Waals surface area contributed by atoms with Gasteiger partial charge in [-0.2, -0.15) is 4.98 Å². The van der Waals surface area contributed by atoms with Gasteiger partial charge in [0.15, 0.2) is 17.5 Å². The summed E-state index contributed by atoms with van der Waals surface area (Å²) in [6.45, 7) is 3.79. The van der Waals surface area contributed by atoms with Gasteiger partial charge in [-0.3, -0.25) is 4.79 Å².